The van der Waals surface area contributed by atoms with E-state index in [-0.39, 0.29) is 24.8 Å². The fraction of sp³-hybridized carbons (Fsp3) is 0.375. The molecule has 36 heavy (non-hydrogen) atoms. The van der Waals surface area contributed by atoms with Gasteiger partial charge in [-0.3, -0.25) is 24.5 Å². The first kappa shape index (κ1) is 24.8. The van der Waals surface area contributed by atoms with Crippen LogP contribution < -0.4 is 0 Å². The first-order valence-corrected chi connectivity index (χ1v) is 11.8. The second-order valence-electron chi connectivity index (χ2n) is 8.44. The molecule has 3 aromatic rings. The van der Waals surface area contributed by atoms with E-state index in [9.17, 15) is 19.7 Å². The summed E-state index contributed by atoms with van der Waals surface area (Å²) in [6.45, 7) is 2.68. The number of benzene rings is 1. The Labute approximate surface area is 207 Å². The minimum absolute atomic E-state index is 0.105. The minimum atomic E-state index is -0.674. The van der Waals surface area contributed by atoms with Gasteiger partial charge in [-0.1, -0.05) is 49.2 Å². The SMILES string of the molecule is CCCCCc1ccc(-c2cn(CCCN3C(=O)CN(/N=C/c4ccc([N+](=O)[O-])o4)C3=O)nn2)cc1. The summed E-state index contributed by atoms with van der Waals surface area (Å²) in [5.41, 5.74) is 3.06. The average molecular weight is 494 g/mol. The number of carbonyl (C=O) groups excluding carboxylic acids is 2. The molecule has 1 fully saturated rings. The number of imide groups is 1. The van der Waals surface area contributed by atoms with Gasteiger partial charge in [-0.05, 0) is 30.9 Å². The Morgan fingerprint density at radius 3 is 2.64 bits per heavy atom. The Morgan fingerprint density at radius 2 is 1.92 bits per heavy atom. The zero-order valence-corrected chi connectivity index (χ0v) is 19.9. The van der Waals surface area contributed by atoms with Crippen molar-refractivity contribution in [3.05, 3.63) is 64.0 Å². The molecule has 0 unspecified atom stereocenters. The van der Waals surface area contributed by atoms with Crippen LogP contribution in [0.4, 0.5) is 10.7 Å². The average Bonchev–Trinajstić information content (AvgIpc) is 3.60. The Balaban J connectivity index is 1.26. The van der Waals surface area contributed by atoms with Crippen LogP contribution in [0.15, 0.2) is 52.1 Å². The monoisotopic (exact) mass is 493 g/mol. The van der Waals surface area contributed by atoms with Gasteiger partial charge in [-0.25, -0.2) is 9.80 Å². The fourth-order valence-corrected chi connectivity index (χ4v) is 3.83. The molecule has 0 atom stereocenters. The number of furan rings is 1. The Kier molecular flexibility index (Phi) is 7.83. The van der Waals surface area contributed by atoms with Crippen LogP contribution in [0.25, 0.3) is 11.3 Å². The number of hydrogen-bond donors (Lipinski definition) is 0. The summed E-state index contributed by atoms with van der Waals surface area (Å²) in [6.07, 6.45) is 8.20. The lowest BCUT2D eigenvalue weighted by Gasteiger charge is -2.13. The third kappa shape index (κ3) is 6.01. The maximum Gasteiger partial charge on any atom is 0.433 e. The van der Waals surface area contributed by atoms with Crippen LogP contribution in [0.5, 0.6) is 0 Å². The number of unbranched alkanes of at least 4 members (excludes halogenated alkanes) is 2. The van der Waals surface area contributed by atoms with Crippen molar-refractivity contribution < 1.29 is 18.9 Å². The largest absolute Gasteiger partial charge is 0.433 e. The summed E-state index contributed by atoms with van der Waals surface area (Å²) in [4.78, 5) is 36.0. The van der Waals surface area contributed by atoms with E-state index in [4.69, 9.17) is 4.42 Å². The van der Waals surface area contributed by atoms with Crippen molar-refractivity contribution in [1.82, 2.24) is 24.9 Å². The van der Waals surface area contributed by atoms with Crippen molar-refractivity contribution in [3.63, 3.8) is 0 Å². The Hall–Kier alpha value is -4.35. The third-order valence-corrected chi connectivity index (χ3v) is 5.78. The summed E-state index contributed by atoms with van der Waals surface area (Å²) < 4.78 is 6.66. The van der Waals surface area contributed by atoms with Crippen LogP contribution in [0.2, 0.25) is 0 Å². The van der Waals surface area contributed by atoms with Gasteiger partial charge in [-0.2, -0.15) is 5.10 Å². The molecule has 188 valence electrons. The van der Waals surface area contributed by atoms with Gasteiger partial charge in [0, 0.05) is 18.7 Å². The second kappa shape index (κ2) is 11.4. The van der Waals surface area contributed by atoms with Crippen LogP contribution in [0, 0.1) is 10.1 Å². The summed E-state index contributed by atoms with van der Waals surface area (Å²) in [5.74, 6) is -0.702. The molecule has 3 heterocycles. The first-order valence-electron chi connectivity index (χ1n) is 11.8. The first-order chi connectivity index (χ1) is 17.4. The lowest BCUT2D eigenvalue weighted by atomic mass is 10.0. The number of urea groups is 1. The molecule has 1 saturated heterocycles. The quantitative estimate of drug-likeness (QED) is 0.123. The highest BCUT2D eigenvalue weighted by Gasteiger charge is 2.35. The van der Waals surface area contributed by atoms with Gasteiger partial charge in [0.15, 0.2) is 5.76 Å². The summed E-state index contributed by atoms with van der Waals surface area (Å²) in [6, 6.07) is 10.3. The molecular formula is C24H27N7O5. The number of hydrazone groups is 1. The highest BCUT2D eigenvalue weighted by Crippen LogP contribution is 2.19. The second-order valence-corrected chi connectivity index (χ2v) is 8.44. The zero-order valence-electron chi connectivity index (χ0n) is 19.9. The maximum absolute atomic E-state index is 12.5. The Bertz CT molecular complexity index is 1250. The predicted octanol–water partition coefficient (Wildman–Crippen LogP) is 3.87. The molecule has 0 spiro atoms. The molecule has 12 nitrogen and oxygen atoms in total. The zero-order chi connectivity index (χ0) is 25.5. The van der Waals surface area contributed by atoms with E-state index in [1.165, 1.54) is 37.0 Å². The fourth-order valence-electron chi connectivity index (χ4n) is 3.83. The highest BCUT2D eigenvalue weighted by atomic mass is 16.6. The number of amides is 3. The van der Waals surface area contributed by atoms with E-state index in [1.807, 2.05) is 18.3 Å². The summed E-state index contributed by atoms with van der Waals surface area (Å²) in [7, 11) is 0. The van der Waals surface area contributed by atoms with Gasteiger partial charge >= 0.3 is 11.9 Å². The number of carbonyl (C=O) groups is 2. The van der Waals surface area contributed by atoms with Crippen molar-refractivity contribution in [2.45, 2.75) is 45.6 Å². The standard InChI is InChI=1S/C24H27N7O5/c1-2-3-4-6-18-7-9-19(10-8-18)21-16-28(27-26-21)13-5-14-29-22(32)17-30(24(29)33)25-15-20-11-12-23(36-20)31(34)35/h7-12,15-16H,2-6,13-14,17H2,1H3/b25-15+. The van der Waals surface area contributed by atoms with Crippen molar-refractivity contribution >= 4 is 24.0 Å². The van der Waals surface area contributed by atoms with Gasteiger partial charge in [0.1, 0.15) is 17.2 Å². The van der Waals surface area contributed by atoms with E-state index >= 15 is 0 Å². The number of aryl methyl sites for hydroxylation is 2. The molecule has 1 aliphatic heterocycles. The molecule has 0 bridgehead atoms. The number of hydrogen-bond acceptors (Lipinski definition) is 8. The van der Waals surface area contributed by atoms with Crippen molar-refractivity contribution in [1.29, 1.82) is 0 Å². The number of rotatable bonds is 12. The maximum atomic E-state index is 12.5. The molecule has 12 heteroatoms. The molecule has 0 aliphatic carbocycles. The van der Waals surface area contributed by atoms with E-state index in [0.717, 1.165) is 33.8 Å². The Morgan fingerprint density at radius 1 is 1.11 bits per heavy atom. The molecule has 0 radical (unpaired) electrons. The minimum Gasteiger partial charge on any atom is -0.400 e. The van der Waals surface area contributed by atoms with Crippen LogP contribution in [-0.4, -0.2) is 61.1 Å². The van der Waals surface area contributed by atoms with E-state index in [1.54, 1.807) is 4.68 Å². The molecular weight excluding hydrogens is 466 g/mol. The predicted molar refractivity (Wildman–Crippen MR) is 130 cm³/mol. The molecule has 2 aromatic heterocycles. The molecule has 0 N–H and O–H groups in total. The van der Waals surface area contributed by atoms with Crippen molar-refractivity contribution in [2.75, 3.05) is 13.1 Å². The summed E-state index contributed by atoms with van der Waals surface area (Å²) >= 11 is 0. The molecule has 3 amide bonds. The van der Waals surface area contributed by atoms with Gasteiger partial charge in [0.2, 0.25) is 0 Å². The van der Waals surface area contributed by atoms with Crippen LogP contribution in [0.3, 0.4) is 0 Å². The van der Waals surface area contributed by atoms with Crippen LogP contribution >= 0.6 is 0 Å². The molecule has 1 aliphatic rings. The van der Waals surface area contributed by atoms with Gasteiger partial charge in [-0.15, -0.1) is 5.10 Å². The highest BCUT2D eigenvalue weighted by molar-refractivity contribution is 6.02. The third-order valence-electron chi connectivity index (χ3n) is 5.78. The normalized spacial score (nSPS) is 13.9. The number of nitrogens with zero attached hydrogens (tertiary/aromatic N) is 7. The van der Waals surface area contributed by atoms with Gasteiger partial charge < -0.3 is 4.42 Å². The molecule has 1 aromatic carbocycles. The number of nitro groups is 1. The molecule has 0 saturated carbocycles. The van der Waals surface area contributed by atoms with Gasteiger partial charge in [0.25, 0.3) is 5.91 Å². The smallest absolute Gasteiger partial charge is 0.400 e. The number of aromatic nitrogens is 3. The topological polar surface area (TPSA) is 140 Å². The van der Waals surface area contributed by atoms with Crippen LogP contribution in [0.1, 0.15) is 43.9 Å². The lowest BCUT2D eigenvalue weighted by molar-refractivity contribution is -0.402. The molecule has 4 rings (SSSR count). The van der Waals surface area contributed by atoms with Gasteiger partial charge in [0.05, 0.1) is 18.5 Å². The van der Waals surface area contributed by atoms with E-state index < -0.39 is 16.8 Å². The van der Waals surface area contributed by atoms with E-state index in [2.05, 4.69) is 34.5 Å². The van der Waals surface area contributed by atoms with E-state index in [0.29, 0.717) is 13.0 Å². The van der Waals surface area contributed by atoms with Crippen molar-refractivity contribution in [2.24, 2.45) is 5.10 Å². The lowest BCUT2D eigenvalue weighted by Crippen LogP contribution is -2.32. The summed E-state index contributed by atoms with van der Waals surface area (Å²) in [5, 5.41) is 24.0. The van der Waals surface area contributed by atoms with Crippen molar-refractivity contribution in [3.8, 4) is 11.3 Å². The van der Waals surface area contributed by atoms with Crippen LogP contribution in [-0.2, 0) is 17.8 Å².